The second-order valence-corrected chi connectivity index (χ2v) is 6.55. The number of hydrazine groups is 1. The zero-order chi connectivity index (χ0) is 18.4. The summed E-state index contributed by atoms with van der Waals surface area (Å²) in [5.41, 5.74) is 5.56. The van der Waals surface area contributed by atoms with Crippen molar-refractivity contribution in [2.75, 3.05) is 19.8 Å². The number of hydrogen-bond donors (Lipinski definition) is 3. The van der Waals surface area contributed by atoms with Crippen LogP contribution in [0.5, 0.6) is 5.75 Å². The lowest BCUT2D eigenvalue weighted by Crippen LogP contribution is -2.52. The Bertz CT molecular complexity index is 670. The molecule has 1 atom stereocenters. The highest BCUT2D eigenvalue weighted by Crippen LogP contribution is 2.27. The van der Waals surface area contributed by atoms with Crippen LogP contribution in [0.25, 0.3) is 0 Å². The molecule has 0 aromatic heterocycles. The number of nitrogens with one attached hydrogen (secondary N) is 2. The largest absolute Gasteiger partial charge is 0.494 e. The Labute approximate surface area is 153 Å². The summed E-state index contributed by atoms with van der Waals surface area (Å²) in [5.74, 6) is 0.947. The summed E-state index contributed by atoms with van der Waals surface area (Å²) in [6, 6.07) is 7.69. The van der Waals surface area contributed by atoms with Crippen LogP contribution in [0.15, 0.2) is 41.9 Å². The molecule has 1 heterocycles. The number of nitrogens with zero attached hydrogens (tertiary/aromatic N) is 1. The van der Waals surface area contributed by atoms with E-state index >= 15 is 0 Å². The smallest absolute Gasteiger partial charge is 0.266 e. The maximum atomic E-state index is 12.6. The number of carbonyl (C=O) groups is 1. The van der Waals surface area contributed by atoms with Gasteiger partial charge in [-0.05, 0) is 37.1 Å². The topological polar surface area (TPSA) is 92.2 Å². The number of rotatable bonds is 10. The third kappa shape index (κ3) is 4.42. The molecule has 0 saturated heterocycles. The van der Waals surface area contributed by atoms with E-state index in [9.17, 15) is 4.79 Å². The molecule has 1 saturated carbocycles. The summed E-state index contributed by atoms with van der Waals surface area (Å²) in [6.07, 6.45) is 4.83. The highest BCUT2D eigenvalue weighted by Gasteiger charge is 2.43. The molecular formula is C19H25N3O4. The first kappa shape index (κ1) is 18.4. The molecule has 1 fully saturated rings. The quantitative estimate of drug-likeness (QED) is 0.333. The fraction of sp³-hybridized carbons (Fsp3) is 0.474. The maximum absolute atomic E-state index is 12.6. The lowest BCUT2D eigenvalue weighted by atomic mass is 9.97. The third-order valence-electron chi connectivity index (χ3n) is 4.31. The zero-order valence-electron chi connectivity index (χ0n) is 14.7. The summed E-state index contributed by atoms with van der Waals surface area (Å²) in [4.78, 5) is 17.2. The Kier molecular flexibility index (Phi) is 5.90. The Morgan fingerprint density at radius 3 is 2.85 bits per heavy atom. The molecule has 1 aliphatic carbocycles. The molecule has 3 rings (SSSR count). The van der Waals surface area contributed by atoms with Crippen molar-refractivity contribution in [2.45, 2.75) is 37.3 Å². The van der Waals surface area contributed by atoms with Crippen molar-refractivity contribution in [3.05, 3.63) is 42.5 Å². The number of benzene rings is 1. The Morgan fingerprint density at radius 1 is 1.42 bits per heavy atom. The van der Waals surface area contributed by atoms with Crippen molar-refractivity contribution in [1.82, 2.24) is 10.9 Å². The molecule has 1 aliphatic heterocycles. The number of carbonyl (C=O) groups excluding carboxylic acids is 1. The van der Waals surface area contributed by atoms with E-state index in [2.05, 4.69) is 22.4 Å². The average Bonchev–Trinajstić information content (AvgIpc) is 3.39. The number of ether oxygens (including phenoxy) is 2. The SMILES string of the molecule is C=CC[C@@]1(C(=O)NNC2CC2)COC(c2ccc(OCCCO)cc2)=N1. The minimum absolute atomic E-state index is 0.103. The molecule has 140 valence electrons. The van der Waals surface area contributed by atoms with Gasteiger partial charge in [0, 0.05) is 31.1 Å². The van der Waals surface area contributed by atoms with Crippen LogP contribution in [-0.2, 0) is 9.53 Å². The molecule has 7 heteroatoms. The fourth-order valence-electron chi connectivity index (χ4n) is 2.61. The molecule has 1 aromatic rings. The van der Waals surface area contributed by atoms with Crippen LogP contribution in [0.1, 0.15) is 31.2 Å². The number of aliphatic imine (C=N–C) groups is 1. The first-order chi connectivity index (χ1) is 12.7. The Balaban J connectivity index is 1.68. The van der Waals surface area contributed by atoms with Gasteiger partial charge in [0.25, 0.3) is 5.91 Å². The second kappa shape index (κ2) is 8.33. The van der Waals surface area contributed by atoms with Crippen molar-refractivity contribution in [3.8, 4) is 5.75 Å². The predicted octanol–water partition coefficient (Wildman–Crippen LogP) is 1.32. The van der Waals surface area contributed by atoms with E-state index in [1.54, 1.807) is 6.08 Å². The van der Waals surface area contributed by atoms with E-state index in [1.165, 1.54) is 0 Å². The first-order valence-corrected chi connectivity index (χ1v) is 8.90. The van der Waals surface area contributed by atoms with Crippen molar-refractivity contribution in [3.63, 3.8) is 0 Å². The molecular weight excluding hydrogens is 334 g/mol. The Morgan fingerprint density at radius 2 is 2.19 bits per heavy atom. The van der Waals surface area contributed by atoms with Gasteiger partial charge in [-0.1, -0.05) is 6.08 Å². The minimum atomic E-state index is -0.991. The van der Waals surface area contributed by atoms with Crippen molar-refractivity contribution in [1.29, 1.82) is 0 Å². The van der Waals surface area contributed by atoms with Gasteiger partial charge in [0.1, 0.15) is 12.4 Å². The van der Waals surface area contributed by atoms with Crippen molar-refractivity contribution in [2.24, 2.45) is 4.99 Å². The van der Waals surface area contributed by atoms with E-state index in [-0.39, 0.29) is 19.1 Å². The minimum Gasteiger partial charge on any atom is -0.494 e. The van der Waals surface area contributed by atoms with E-state index in [1.807, 2.05) is 24.3 Å². The molecule has 2 aliphatic rings. The molecule has 26 heavy (non-hydrogen) atoms. The van der Waals surface area contributed by atoms with E-state index in [0.29, 0.717) is 37.1 Å². The number of aliphatic hydroxyl groups excluding tert-OH is 1. The summed E-state index contributed by atoms with van der Waals surface area (Å²) in [7, 11) is 0. The summed E-state index contributed by atoms with van der Waals surface area (Å²) in [5, 5.41) is 8.79. The molecule has 0 spiro atoms. The van der Waals surface area contributed by atoms with Gasteiger partial charge < -0.3 is 14.6 Å². The molecule has 0 bridgehead atoms. The first-order valence-electron chi connectivity index (χ1n) is 8.90. The molecule has 0 unspecified atom stereocenters. The summed E-state index contributed by atoms with van der Waals surface area (Å²) in [6.45, 7) is 4.49. The maximum Gasteiger partial charge on any atom is 0.266 e. The summed E-state index contributed by atoms with van der Waals surface area (Å²) >= 11 is 0. The Hall–Kier alpha value is -2.38. The highest BCUT2D eigenvalue weighted by atomic mass is 16.5. The number of amides is 1. The zero-order valence-corrected chi connectivity index (χ0v) is 14.7. The van der Waals surface area contributed by atoms with Crippen LogP contribution in [0, 0.1) is 0 Å². The fourth-order valence-corrected chi connectivity index (χ4v) is 2.61. The van der Waals surface area contributed by atoms with Crippen LogP contribution in [0.4, 0.5) is 0 Å². The third-order valence-corrected chi connectivity index (χ3v) is 4.31. The average molecular weight is 359 g/mol. The molecule has 3 N–H and O–H groups in total. The predicted molar refractivity (Wildman–Crippen MR) is 98.0 cm³/mol. The van der Waals surface area contributed by atoms with Crippen molar-refractivity contribution >= 4 is 11.8 Å². The van der Waals surface area contributed by atoms with Gasteiger partial charge in [0.2, 0.25) is 5.90 Å². The molecule has 1 amide bonds. The van der Waals surface area contributed by atoms with E-state index < -0.39 is 5.54 Å². The van der Waals surface area contributed by atoms with E-state index in [4.69, 9.17) is 14.6 Å². The van der Waals surface area contributed by atoms with E-state index in [0.717, 1.165) is 18.4 Å². The van der Waals surface area contributed by atoms with Gasteiger partial charge in [-0.25, -0.2) is 10.4 Å². The normalized spacial score (nSPS) is 21.7. The van der Waals surface area contributed by atoms with Crippen molar-refractivity contribution < 1.29 is 19.4 Å². The van der Waals surface area contributed by atoms with Gasteiger partial charge in [0.05, 0.1) is 6.61 Å². The summed E-state index contributed by atoms with van der Waals surface area (Å²) < 4.78 is 11.2. The molecule has 1 aromatic carbocycles. The van der Waals surface area contributed by atoms with Crippen LogP contribution in [-0.4, -0.2) is 48.3 Å². The van der Waals surface area contributed by atoms with Crippen LogP contribution in [0.3, 0.4) is 0 Å². The van der Waals surface area contributed by atoms with Gasteiger partial charge in [-0.15, -0.1) is 6.58 Å². The lowest BCUT2D eigenvalue weighted by Gasteiger charge is -2.21. The van der Waals surface area contributed by atoms with Gasteiger partial charge in [-0.3, -0.25) is 10.2 Å². The van der Waals surface area contributed by atoms with Gasteiger partial charge in [-0.2, -0.15) is 0 Å². The lowest BCUT2D eigenvalue weighted by molar-refractivity contribution is -0.127. The number of aliphatic hydroxyl groups is 1. The van der Waals surface area contributed by atoms with Gasteiger partial charge >= 0.3 is 0 Å². The molecule has 7 nitrogen and oxygen atoms in total. The monoisotopic (exact) mass is 359 g/mol. The molecule has 0 radical (unpaired) electrons. The van der Waals surface area contributed by atoms with Crippen LogP contribution < -0.4 is 15.6 Å². The highest BCUT2D eigenvalue weighted by molar-refractivity contribution is 6.00. The standard InChI is InChI=1S/C19H25N3O4/c1-2-10-19(18(24)22-21-15-6-7-15)13-26-17(20-19)14-4-8-16(9-5-14)25-12-3-11-23/h2,4-5,8-9,15,21,23H,1,3,6-7,10-13H2,(H,22,24)/t19-/m0/s1. The second-order valence-electron chi connectivity index (χ2n) is 6.55. The van der Waals surface area contributed by atoms with Crippen LogP contribution in [0.2, 0.25) is 0 Å². The van der Waals surface area contributed by atoms with Crippen LogP contribution >= 0.6 is 0 Å². The van der Waals surface area contributed by atoms with Gasteiger partial charge in [0.15, 0.2) is 5.54 Å². The number of hydrogen-bond acceptors (Lipinski definition) is 6.